The molecule has 28 heavy (non-hydrogen) atoms. The molecule has 1 heterocycles. The van der Waals surface area contributed by atoms with Crippen molar-refractivity contribution >= 4 is 23.6 Å². The van der Waals surface area contributed by atoms with E-state index in [9.17, 15) is 9.59 Å². The Morgan fingerprint density at radius 1 is 1.14 bits per heavy atom. The molecule has 2 aromatic carbocycles. The Hall–Kier alpha value is -2.99. The first-order valence-corrected chi connectivity index (χ1v) is 9.32. The molecule has 0 fully saturated rings. The molecule has 0 radical (unpaired) electrons. The highest BCUT2D eigenvalue weighted by Gasteiger charge is 2.30. The molecule has 1 aliphatic heterocycles. The number of rotatable bonds is 6. The van der Waals surface area contributed by atoms with Gasteiger partial charge in [0, 0.05) is 0 Å². The van der Waals surface area contributed by atoms with E-state index < -0.39 is 18.0 Å². The number of carbonyl (C=O) groups is 2. The first kappa shape index (κ1) is 19.8. The van der Waals surface area contributed by atoms with Crippen molar-refractivity contribution in [1.29, 1.82) is 0 Å². The molecule has 0 aliphatic carbocycles. The third-order valence-electron chi connectivity index (χ3n) is 4.28. The van der Waals surface area contributed by atoms with Crippen LogP contribution < -0.4 is 15.4 Å². The Morgan fingerprint density at radius 3 is 2.57 bits per heavy atom. The van der Waals surface area contributed by atoms with E-state index in [0.717, 1.165) is 11.1 Å². The van der Waals surface area contributed by atoms with Crippen LogP contribution in [0.4, 0.5) is 4.79 Å². The number of hydrogen-bond donors (Lipinski definition) is 2. The molecule has 0 spiro atoms. The first-order chi connectivity index (χ1) is 13.5. The predicted octanol–water partition coefficient (Wildman–Crippen LogP) is 3.90. The zero-order valence-electron chi connectivity index (χ0n) is 15.6. The molecule has 2 amide bonds. The maximum absolute atomic E-state index is 12.3. The lowest BCUT2D eigenvalue weighted by Gasteiger charge is -2.26. The highest BCUT2D eigenvalue weighted by Crippen LogP contribution is 2.30. The quantitative estimate of drug-likeness (QED) is 0.721. The minimum absolute atomic E-state index is 0.0175. The molecule has 0 bridgehead atoms. The molecule has 1 aliphatic rings. The molecule has 1 atom stereocenters. The topological polar surface area (TPSA) is 76.7 Å². The van der Waals surface area contributed by atoms with Gasteiger partial charge in [0.1, 0.15) is 12.4 Å². The van der Waals surface area contributed by atoms with E-state index in [4.69, 9.17) is 21.1 Å². The standard InChI is InChI=1S/C21H21ClN2O4/c1-3-27-20(25)19-13(2)23-21(26)24-17(19)12-28-18-10-9-15(11-16(18)22)14-7-5-4-6-8-14/h4-11,13H,3,12H2,1-2H3,(H2,23,24,26). The summed E-state index contributed by atoms with van der Waals surface area (Å²) in [5.41, 5.74) is 2.70. The second-order valence-electron chi connectivity index (χ2n) is 6.23. The smallest absolute Gasteiger partial charge is 0.338 e. The summed E-state index contributed by atoms with van der Waals surface area (Å²) >= 11 is 6.37. The Bertz CT molecular complexity index is 912. The van der Waals surface area contributed by atoms with E-state index in [1.807, 2.05) is 42.5 Å². The number of amides is 2. The summed E-state index contributed by atoms with van der Waals surface area (Å²) < 4.78 is 10.9. The van der Waals surface area contributed by atoms with Gasteiger partial charge in [-0.3, -0.25) is 0 Å². The molecule has 6 nitrogen and oxygen atoms in total. The van der Waals surface area contributed by atoms with Crippen molar-refractivity contribution in [2.24, 2.45) is 0 Å². The number of esters is 1. The maximum Gasteiger partial charge on any atom is 0.338 e. The molecule has 0 aromatic heterocycles. The van der Waals surface area contributed by atoms with Crippen molar-refractivity contribution < 1.29 is 19.1 Å². The number of halogens is 1. The lowest BCUT2D eigenvalue weighted by Crippen LogP contribution is -2.50. The summed E-state index contributed by atoms with van der Waals surface area (Å²) in [4.78, 5) is 24.1. The van der Waals surface area contributed by atoms with Crippen LogP contribution in [-0.4, -0.2) is 31.3 Å². The molecule has 146 valence electrons. The highest BCUT2D eigenvalue weighted by molar-refractivity contribution is 6.32. The first-order valence-electron chi connectivity index (χ1n) is 8.95. The third kappa shape index (κ3) is 4.46. The fraction of sp³-hybridized carbons (Fsp3) is 0.238. The van der Waals surface area contributed by atoms with Gasteiger partial charge in [-0.05, 0) is 37.1 Å². The fourth-order valence-corrected chi connectivity index (χ4v) is 3.21. The summed E-state index contributed by atoms with van der Waals surface area (Å²) in [7, 11) is 0. The molecule has 3 rings (SSSR count). The van der Waals surface area contributed by atoms with Crippen LogP contribution in [0, 0.1) is 0 Å². The molecular formula is C21H21ClN2O4. The minimum atomic E-state index is -0.494. The Kier molecular flexibility index (Phi) is 6.21. The van der Waals surface area contributed by atoms with Gasteiger partial charge in [0.25, 0.3) is 0 Å². The second-order valence-corrected chi connectivity index (χ2v) is 6.64. The fourth-order valence-electron chi connectivity index (χ4n) is 2.97. The third-order valence-corrected chi connectivity index (χ3v) is 4.57. The number of nitrogens with one attached hydrogen (secondary N) is 2. The van der Waals surface area contributed by atoms with Gasteiger partial charge in [-0.2, -0.15) is 0 Å². The van der Waals surface area contributed by atoms with Crippen LogP contribution in [0.2, 0.25) is 5.02 Å². The normalized spacial score (nSPS) is 16.2. The van der Waals surface area contributed by atoms with Crippen LogP contribution in [0.15, 0.2) is 59.8 Å². The number of urea groups is 1. The van der Waals surface area contributed by atoms with Crippen LogP contribution in [0.5, 0.6) is 5.75 Å². The van der Waals surface area contributed by atoms with Crippen LogP contribution >= 0.6 is 11.6 Å². The molecule has 0 saturated heterocycles. The van der Waals surface area contributed by atoms with Gasteiger partial charge in [0.15, 0.2) is 0 Å². The lowest BCUT2D eigenvalue weighted by atomic mass is 10.0. The maximum atomic E-state index is 12.3. The SMILES string of the molecule is CCOC(=O)C1=C(COc2ccc(-c3ccccc3)cc2Cl)NC(=O)NC1C. The highest BCUT2D eigenvalue weighted by atomic mass is 35.5. The van der Waals surface area contributed by atoms with E-state index in [0.29, 0.717) is 22.0 Å². The van der Waals surface area contributed by atoms with Crippen molar-refractivity contribution in [1.82, 2.24) is 10.6 Å². The van der Waals surface area contributed by atoms with Gasteiger partial charge in [-0.25, -0.2) is 9.59 Å². The van der Waals surface area contributed by atoms with Gasteiger partial charge in [-0.1, -0.05) is 48.0 Å². The van der Waals surface area contributed by atoms with E-state index in [2.05, 4.69) is 10.6 Å². The molecule has 0 saturated carbocycles. The van der Waals surface area contributed by atoms with Crippen molar-refractivity contribution in [3.63, 3.8) is 0 Å². The van der Waals surface area contributed by atoms with Gasteiger partial charge in [0.2, 0.25) is 0 Å². The van der Waals surface area contributed by atoms with Gasteiger partial charge >= 0.3 is 12.0 Å². The Balaban J connectivity index is 1.80. The summed E-state index contributed by atoms with van der Waals surface area (Å²) in [5, 5.41) is 5.71. The minimum Gasteiger partial charge on any atom is -0.486 e. The molecular weight excluding hydrogens is 380 g/mol. The van der Waals surface area contributed by atoms with E-state index in [-0.39, 0.29) is 13.2 Å². The van der Waals surface area contributed by atoms with E-state index in [1.54, 1.807) is 19.9 Å². The Labute approximate surface area is 168 Å². The van der Waals surface area contributed by atoms with E-state index in [1.165, 1.54) is 0 Å². The monoisotopic (exact) mass is 400 g/mol. The summed E-state index contributed by atoms with van der Waals surface area (Å²) in [6.07, 6.45) is 0. The van der Waals surface area contributed by atoms with Crippen LogP contribution in [0.25, 0.3) is 11.1 Å². The largest absolute Gasteiger partial charge is 0.486 e. The van der Waals surface area contributed by atoms with Crippen molar-refractivity contribution in [2.75, 3.05) is 13.2 Å². The average molecular weight is 401 g/mol. The summed E-state index contributed by atoms with van der Waals surface area (Å²) in [6.45, 7) is 3.66. The summed E-state index contributed by atoms with van der Waals surface area (Å²) in [6, 6.07) is 14.5. The second kappa shape index (κ2) is 8.80. The molecule has 7 heteroatoms. The van der Waals surface area contributed by atoms with E-state index >= 15 is 0 Å². The average Bonchev–Trinajstić information content (AvgIpc) is 2.67. The van der Waals surface area contributed by atoms with Crippen LogP contribution in [0.3, 0.4) is 0 Å². The number of carbonyl (C=O) groups excluding carboxylic acids is 2. The van der Waals surface area contributed by atoms with Gasteiger partial charge in [-0.15, -0.1) is 0 Å². The zero-order chi connectivity index (χ0) is 20.1. The van der Waals surface area contributed by atoms with Crippen LogP contribution in [-0.2, 0) is 9.53 Å². The van der Waals surface area contributed by atoms with Gasteiger partial charge < -0.3 is 20.1 Å². The zero-order valence-corrected chi connectivity index (χ0v) is 16.4. The molecule has 2 N–H and O–H groups in total. The van der Waals surface area contributed by atoms with Crippen molar-refractivity contribution in [3.8, 4) is 16.9 Å². The van der Waals surface area contributed by atoms with Crippen molar-refractivity contribution in [3.05, 3.63) is 64.8 Å². The van der Waals surface area contributed by atoms with Crippen LogP contribution in [0.1, 0.15) is 13.8 Å². The number of hydrogen-bond acceptors (Lipinski definition) is 4. The molecule has 1 unspecified atom stereocenters. The lowest BCUT2D eigenvalue weighted by molar-refractivity contribution is -0.139. The summed E-state index contributed by atoms with van der Waals surface area (Å²) in [5.74, 6) is -0.0379. The molecule has 2 aromatic rings. The predicted molar refractivity (Wildman–Crippen MR) is 107 cm³/mol. The Morgan fingerprint density at radius 2 is 1.89 bits per heavy atom. The number of ether oxygens (including phenoxy) is 2. The van der Waals surface area contributed by atoms with Gasteiger partial charge in [0.05, 0.1) is 28.9 Å². The van der Waals surface area contributed by atoms with Crippen molar-refractivity contribution in [2.45, 2.75) is 19.9 Å². The number of benzene rings is 2.